The summed E-state index contributed by atoms with van der Waals surface area (Å²) in [5, 5.41) is 6.91. The van der Waals surface area contributed by atoms with Crippen LogP contribution in [0, 0.1) is 5.92 Å². The molecule has 0 aliphatic carbocycles. The molecular weight excluding hydrogens is 339 g/mol. The number of fused-ring (bicyclic) bond motifs is 1. The fourth-order valence-corrected chi connectivity index (χ4v) is 3.18. The van der Waals surface area contributed by atoms with Gasteiger partial charge in [-0.1, -0.05) is 18.5 Å². The standard InChI is InChI=1S/C16H21ClN2O3.ClH/c1-10-2-3-18-9-13(10)19-15(20)8-11-6-12(17)16-14(7-11)21-4-5-22-16;/h6-7,10,13,18H,2-5,8-9H2,1H3,(H,19,20);1H. The van der Waals surface area contributed by atoms with Crippen LogP contribution in [-0.2, 0) is 11.2 Å². The SMILES string of the molecule is CC1CCNCC1NC(=O)Cc1cc(Cl)c2c(c1)OCCO2.Cl. The molecule has 0 saturated carbocycles. The second-order valence-electron chi connectivity index (χ2n) is 5.92. The molecule has 7 heteroatoms. The molecule has 2 heterocycles. The predicted octanol–water partition coefficient (Wildman–Crippen LogP) is 2.19. The highest BCUT2D eigenvalue weighted by Crippen LogP contribution is 2.38. The molecule has 1 saturated heterocycles. The summed E-state index contributed by atoms with van der Waals surface area (Å²) in [6.07, 6.45) is 1.38. The highest BCUT2D eigenvalue weighted by atomic mass is 35.5. The van der Waals surface area contributed by atoms with Crippen LogP contribution < -0.4 is 20.1 Å². The van der Waals surface area contributed by atoms with Crippen molar-refractivity contribution in [1.29, 1.82) is 0 Å². The van der Waals surface area contributed by atoms with Crippen molar-refractivity contribution >= 4 is 29.9 Å². The molecule has 1 amide bonds. The van der Waals surface area contributed by atoms with Gasteiger partial charge in [0.1, 0.15) is 13.2 Å². The third-order valence-corrected chi connectivity index (χ3v) is 4.48. The molecular formula is C16H22Cl2N2O3. The van der Waals surface area contributed by atoms with E-state index in [2.05, 4.69) is 17.6 Å². The van der Waals surface area contributed by atoms with Crippen molar-refractivity contribution < 1.29 is 14.3 Å². The Bertz CT molecular complexity index is 569. The van der Waals surface area contributed by atoms with Crippen LogP contribution >= 0.6 is 24.0 Å². The molecule has 0 bridgehead atoms. The minimum atomic E-state index is 0. The van der Waals surface area contributed by atoms with Crippen molar-refractivity contribution in [2.75, 3.05) is 26.3 Å². The van der Waals surface area contributed by atoms with Crippen LogP contribution in [-0.4, -0.2) is 38.3 Å². The van der Waals surface area contributed by atoms with Gasteiger partial charge in [-0.25, -0.2) is 0 Å². The second-order valence-corrected chi connectivity index (χ2v) is 6.33. The molecule has 2 aliphatic heterocycles. The fourth-order valence-electron chi connectivity index (χ4n) is 2.89. The number of carbonyl (C=O) groups excluding carboxylic acids is 1. The van der Waals surface area contributed by atoms with Crippen LogP contribution in [0.15, 0.2) is 12.1 Å². The highest BCUT2D eigenvalue weighted by Gasteiger charge is 2.23. The molecule has 1 fully saturated rings. The van der Waals surface area contributed by atoms with Crippen LogP contribution in [0.4, 0.5) is 0 Å². The quantitative estimate of drug-likeness (QED) is 0.867. The fraction of sp³-hybridized carbons (Fsp3) is 0.562. The molecule has 2 unspecified atom stereocenters. The van der Waals surface area contributed by atoms with Crippen molar-refractivity contribution in [2.24, 2.45) is 5.92 Å². The first-order valence-electron chi connectivity index (χ1n) is 7.71. The van der Waals surface area contributed by atoms with E-state index in [0.29, 0.717) is 42.1 Å². The Labute approximate surface area is 147 Å². The zero-order chi connectivity index (χ0) is 15.5. The van der Waals surface area contributed by atoms with Crippen LogP contribution in [0.3, 0.4) is 0 Å². The lowest BCUT2D eigenvalue weighted by Crippen LogP contribution is -2.50. The van der Waals surface area contributed by atoms with E-state index in [4.69, 9.17) is 21.1 Å². The van der Waals surface area contributed by atoms with Gasteiger partial charge in [-0.3, -0.25) is 4.79 Å². The average molecular weight is 361 g/mol. The normalized spacial score (nSPS) is 22.9. The van der Waals surface area contributed by atoms with Gasteiger partial charge in [-0.2, -0.15) is 0 Å². The Hall–Kier alpha value is -1.17. The molecule has 1 aromatic rings. The predicted molar refractivity (Wildman–Crippen MR) is 92.0 cm³/mol. The molecule has 3 rings (SSSR count). The van der Waals surface area contributed by atoms with Gasteiger partial charge < -0.3 is 20.1 Å². The summed E-state index contributed by atoms with van der Waals surface area (Å²) in [4.78, 5) is 12.3. The lowest BCUT2D eigenvalue weighted by atomic mass is 9.94. The summed E-state index contributed by atoms with van der Waals surface area (Å²) >= 11 is 6.20. The van der Waals surface area contributed by atoms with Crippen molar-refractivity contribution in [3.05, 3.63) is 22.7 Å². The number of carbonyl (C=O) groups is 1. The number of rotatable bonds is 3. The Morgan fingerprint density at radius 1 is 1.39 bits per heavy atom. The maximum absolute atomic E-state index is 12.3. The van der Waals surface area contributed by atoms with Gasteiger partial charge in [-0.05, 0) is 36.6 Å². The maximum Gasteiger partial charge on any atom is 0.224 e. The summed E-state index contributed by atoms with van der Waals surface area (Å²) in [6.45, 7) is 5.02. The average Bonchev–Trinajstić information content (AvgIpc) is 2.49. The smallest absolute Gasteiger partial charge is 0.224 e. The maximum atomic E-state index is 12.3. The number of hydrogen-bond donors (Lipinski definition) is 2. The summed E-state index contributed by atoms with van der Waals surface area (Å²) in [6, 6.07) is 3.80. The van der Waals surface area contributed by atoms with Gasteiger partial charge in [0.05, 0.1) is 11.4 Å². The molecule has 2 N–H and O–H groups in total. The zero-order valence-corrected chi connectivity index (χ0v) is 14.6. The van der Waals surface area contributed by atoms with E-state index in [1.54, 1.807) is 6.07 Å². The largest absolute Gasteiger partial charge is 0.486 e. The van der Waals surface area contributed by atoms with Gasteiger partial charge >= 0.3 is 0 Å². The van der Waals surface area contributed by atoms with Crippen LogP contribution in [0.5, 0.6) is 11.5 Å². The number of nitrogens with one attached hydrogen (secondary N) is 2. The lowest BCUT2D eigenvalue weighted by molar-refractivity contribution is -0.121. The Kier molecular flexibility index (Phi) is 6.39. The summed E-state index contributed by atoms with van der Waals surface area (Å²) in [5.74, 6) is 1.69. The number of piperidine rings is 1. The van der Waals surface area contributed by atoms with E-state index in [-0.39, 0.29) is 24.4 Å². The van der Waals surface area contributed by atoms with Crippen LogP contribution in [0.1, 0.15) is 18.9 Å². The number of amides is 1. The molecule has 2 aliphatic rings. The highest BCUT2D eigenvalue weighted by molar-refractivity contribution is 6.32. The zero-order valence-electron chi connectivity index (χ0n) is 13.1. The first-order chi connectivity index (χ1) is 10.6. The van der Waals surface area contributed by atoms with Gasteiger partial charge in [0.15, 0.2) is 11.5 Å². The van der Waals surface area contributed by atoms with Gasteiger partial charge in [-0.15, -0.1) is 12.4 Å². The van der Waals surface area contributed by atoms with Gasteiger partial charge in [0.2, 0.25) is 5.91 Å². The topological polar surface area (TPSA) is 59.6 Å². The van der Waals surface area contributed by atoms with Crippen LogP contribution in [0.2, 0.25) is 5.02 Å². The first kappa shape index (κ1) is 18.2. The second kappa shape index (κ2) is 8.08. The summed E-state index contributed by atoms with van der Waals surface area (Å²) in [7, 11) is 0. The third kappa shape index (κ3) is 4.43. The summed E-state index contributed by atoms with van der Waals surface area (Å²) < 4.78 is 11.0. The molecule has 0 spiro atoms. The van der Waals surface area contributed by atoms with E-state index in [1.165, 1.54) is 0 Å². The van der Waals surface area contributed by atoms with E-state index in [9.17, 15) is 4.79 Å². The molecule has 1 aromatic carbocycles. The number of halogens is 2. The Morgan fingerprint density at radius 3 is 2.96 bits per heavy atom. The van der Waals surface area contributed by atoms with Crippen molar-refractivity contribution in [3.8, 4) is 11.5 Å². The van der Waals surface area contributed by atoms with E-state index in [1.807, 2.05) is 6.07 Å². The third-order valence-electron chi connectivity index (χ3n) is 4.20. The minimum Gasteiger partial charge on any atom is -0.486 e. The monoisotopic (exact) mass is 360 g/mol. The molecule has 2 atom stereocenters. The number of benzene rings is 1. The van der Waals surface area contributed by atoms with Crippen molar-refractivity contribution in [3.63, 3.8) is 0 Å². The lowest BCUT2D eigenvalue weighted by Gasteiger charge is -2.30. The van der Waals surface area contributed by atoms with E-state index in [0.717, 1.165) is 25.1 Å². The Balaban J connectivity index is 0.00000192. The molecule has 0 radical (unpaired) electrons. The Morgan fingerprint density at radius 2 is 2.17 bits per heavy atom. The minimum absolute atomic E-state index is 0. The number of ether oxygens (including phenoxy) is 2. The molecule has 23 heavy (non-hydrogen) atoms. The molecule has 5 nitrogen and oxygen atoms in total. The van der Waals surface area contributed by atoms with Crippen LogP contribution in [0.25, 0.3) is 0 Å². The number of hydrogen-bond acceptors (Lipinski definition) is 4. The van der Waals surface area contributed by atoms with E-state index < -0.39 is 0 Å². The van der Waals surface area contributed by atoms with Crippen molar-refractivity contribution in [2.45, 2.75) is 25.8 Å². The first-order valence-corrected chi connectivity index (χ1v) is 8.09. The van der Waals surface area contributed by atoms with E-state index >= 15 is 0 Å². The van der Waals surface area contributed by atoms with Crippen molar-refractivity contribution in [1.82, 2.24) is 10.6 Å². The summed E-state index contributed by atoms with van der Waals surface area (Å²) in [5.41, 5.74) is 0.836. The molecule has 0 aromatic heterocycles. The van der Waals surface area contributed by atoms with Gasteiger partial charge in [0, 0.05) is 12.6 Å². The van der Waals surface area contributed by atoms with Gasteiger partial charge in [0.25, 0.3) is 0 Å². The molecule has 128 valence electrons.